The Bertz CT molecular complexity index is 1130. The normalized spacial score (nSPS) is 18.6. The van der Waals surface area contributed by atoms with E-state index in [0.29, 0.717) is 50.2 Å². The number of anilines is 1. The highest BCUT2D eigenvalue weighted by Crippen LogP contribution is 2.40. The van der Waals surface area contributed by atoms with Crippen molar-refractivity contribution in [1.29, 1.82) is 0 Å². The molecule has 2 fully saturated rings. The molecule has 1 saturated carbocycles. The smallest absolute Gasteiger partial charge is 0.331 e. The highest BCUT2D eigenvalue weighted by molar-refractivity contribution is 5.97. The Hall–Kier alpha value is -3.27. The first kappa shape index (κ1) is 29.7. The molecule has 40 heavy (non-hydrogen) atoms. The summed E-state index contributed by atoms with van der Waals surface area (Å²) >= 11 is 0. The fraction of sp³-hybridized carbons (Fsp3) is 0.567. The molecule has 8 nitrogen and oxygen atoms in total. The van der Waals surface area contributed by atoms with Crippen molar-refractivity contribution in [3.63, 3.8) is 0 Å². The molecule has 0 spiro atoms. The summed E-state index contributed by atoms with van der Waals surface area (Å²) in [6.07, 6.45) is 0.756. The minimum atomic E-state index is -1.26. The van der Waals surface area contributed by atoms with Gasteiger partial charge in [-0.05, 0) is 48.8 Å². The Labute approximate surface area is 234 Å². The van der Waals surface area contributed by atoms with Crippen LogP contribution in [0, 0.1) is 11.8 Å². The molecule has 4 rings (SSSR count). The topological polar surface area (TPSA) is 90.0 Å². The summed E-state index contributed by atoms with van der Waals surface area (Å²) in [6.45, 7) is 4.99. The minimum Gasteiger partial charge on any atom is -0.476 e. The van der Waals surface area contributed by atoms with Crippen molar-refractivity contribution in [2.24, 2.45) is 11.8 Å². The number of esters is 1. The summed E-state index contributed by atoms with van der Waals surface area (Å²) in [5, 5.41) is 2.79. The second-order valence-corrected chi connectivity index (χ2v) is 10.5. The van der Waals surface area contributed by atoms with Crippen LogP contribution < -0.4 is 15.0 Å². The lowest BCUT2D eigenvalue weighted by Gasteiger charge is -2.37. The van der Waals surface area contributed by atoms with Gasteiger partial charge in [-0.25, -0.2) is 14.2 Å². The third kappa shape index (κ3) is 7.47. The number of carbonyl (C=O) groups is 2. The maximum Gasteiger partial charge on any atom is 0.331 e. The molecule has 1 amide bonds. The molecule has 2 aromatic rings. The van der Waals surface area contributed by atoms with Crippen LogP contribution in [0.2, 0.25) is 0 Å². The maximum absolute atomic E-state index is 13.6. The van der Waals surface area contributed by atoms with Gasteiger partial charge in [-0.2, -0.15) is 0 Å². The first-order valence-corrected chi connectivity index (χ1v) is 14.1. The first-order valence-electron chi connectivity index (χ1n) is 14.1. The van der Waals surface area contributed by atoms with E-state index in [1.54, 1.807) is 26.0 Å². The van der Waals surface area contributed by atoms with Gasteiger partial charge < -0.3 is 24.4 Å². The summed E-state index contributed by atoms with van der Waals surface area (Å²) in [5.41, 5.74) is 0.585. The Kier molecular flexibility index (Phi) is 10.3. The van der Waals surface area contributed by atoms with Gasteiger partial charge in [0.2, 0.25) is 5.88 Å². The molecular weight excluding hydrogens is 520 g/mol. The van der Waals surface area contributed by atoms with Crippen molar-refractivity contribution in [2.45, 2.75) is 57.8 Å². The number of benzene rings is 1. The summed E-state index contributed by atoms with van der Waals surface area (Å²) in [4.78, 5) is 32.3. The number of ether oxygens (including phenoxy) is 3. The number of alkyl halides is 2. The molecule has 1 saturated heterocycles. The van der Waals surface area contributed by atoms with Crippen LogP contribution in [0.25, 0.3) is 0 Å². The molecule has 1 N–H and O–H groups in total. The van der Waals surface area contributed by atoms with Gasteiger partial charge >= 0.3 is 5.97 Å². The molecule has 1 aromatic carbocycles. The Morgan fingerprint density at radius 1 is 1.07 bits per heavy atom. The van der Waals surface area contributed by atoms with Gasteiger partial charge in [0.25, 0.3) is 5.91 Å². The van der Waals surface area contributed by atoms with Crippen molar-refractivity contribution in [3.05, 3.63) is 53.7 Å². The molecule has 2 aliphatic rings. The number of nitrogens with one attached hydrogen (secondary N) is 1. The number of hydrogen-bond acceptors (Lipinski definition) is 7. The van der Waals surface area contributed by atoms with Crippen molar-refractivity contribution in [2.75, 3.05) is 44.5 Å². The van der Waals surface area contributed by atoms with Crippen LogP contribution in [0.1, 0.15) is 55.6 Å². The quantitative estimate of drug-likeness (QED) is 0.236. The van der Waals surface area contributed by atoms with Gasteiger partial charge in [0.1, 0.15) is 23.1 Å². The van der Waals surface area contributed by atoms with Gasteiger partial charge in [0.15, 0.2) is 0 Å². The summed E-state index contributed by atoms with van der Waals surface area (Å²) in [6, 6.07) is 13.3. The number of pyridine rings is 1. The number of nitrogens with zero attached hydrogens (tertiary/aromatic N) is 2. The average molecular weight is 560 g/mol. The van der Waals surface area contributed by atoms with E-state index < -0.39 is 30.3 Å². The number of carbonyl (C=O) groups excluding carboxylic acids is 2. The molecule has 10 heteroatoms. The summed E-state index contributed by atoms with van der Waals surface area (Å²) < 4.78 is 43.3. The molecule has 1 aliphatic heterocycles. The fourth-order valence-electron chi connectivity index (χ4n) is 4.74. The first-order chi connectivity index (χ1) is 19.4. The van der Waals surface area contributed by atoms with E-state index in [1.165, 1.54) is 0 Å². The number of rotatable bonds is 16. The highest BCUT2D eigenvalue weighted by atomic mass is 19.1. The van der Waals surface area contributed by atoms with Crippen molar-refractivity contribution < 1.29 is 32.6 Å². The van der Waals surface area contributed by atoms with Crippen LogP contribution in [-0.4, -0.2) is 68.2 Å². The van der Waals surface area contributed by atoms with E-state index in [1.807, 2.05) is 35.2 Å². The minimum absolute atomic E-state index is 0.0528. The Balaban J connectivity index is 1.38. The van der Waals surface area contributed by atoms with E-state index >= 15 is 0 Å². The monoisotopic (exact) mass is 559 g/mol. The highest BCUT2D eigenvalue weighted by Gasteiger charge is 2.40. The Morgan fingerprint density at radius 3 is 2.48 bits per heavy atom. The van der Waals surface area contributed by atoms with Crippen LogP contribution in [0.4, 0.5) is 14.5 Å². The van der Waals surface area contributed by atoms with Gasteiger partial charge in [-0.3, -0.25) is 9.18 Å². The van der Waals surface area contributed by atoms with Crippen LogP contribution in [0.15, 0.2) is 42.5 Å². The van der Waals surface area contributed by atoms with Crippen LogP contribution in [0.5, 0.6) is 5.88 Å². The standard InChI is InChI=1S/C30H39F2N3O5/c1-3-30(4-2,29(37)39-14-8-13-31)34-27(36)25-11-12-26(35-16-24(32)17-35)28(33-25)40-20-23-15-22(23)19-38-18-21-9-6-5-7-10-21/h5-7,9-12,22-24H,3-4,8,13-20H2,1-2H3,(H,34,36)/t22-,23-/m0/s1. The third-order valence-electron chi connectivity index (χ3n) is 7.66. The SMILES string of the molecule is CCC(CC)(NC(=O)c1ccc(N2CC(F)C2)c(OC[C@@H]2C[C@H]2COCc2ccccc2)n1)C(=O)OCCCF. The molecule has 0 bridgehead atoms. The van der Waals surface area contributed by atoms with Gasteiger partial charge in [-0.15, -0.1) is 0 Å². The van der Waals surface area contributed by atoms with Crippen LogP contribution >= 0.6 is 0 Å². The molecule has 0 radical (unpaired) electrons. The van der Waals surface area contributed by atoms with Crippen molar-refractivity contribution in [1.82, 2.24) is 10.3 Å². The second-order valence-electron chi connectivity index (χ2n) is 10.5. The maximum atomic E-state index is 13.6. The molecular formula is C30H39F2N3O5. The lowest BCUT2D eigenvalue weighted by atomic mass is 9.92. The predicted octanol–water partition coefficient (Wildman–Crippen LogP) is 4.66. The predicted molar refractivity (Wildman–Crippen MR) is 147 cm³/mol. The largest absolute Gasteiger partial charge is 0.476 e. The van der Waals surface area contributed by atoms with Gasteiger partial charge in [-0.1, -0.05) is 44.2 Å². The van der Waals surface area contributed by atoms with Crippen LogP contribution in [-0.2, 0) is 20.9 Å². The summed E-state index contributed by atoms with van der Waals surface area (Å²) in [5.74, 6) is -0.194. The van der Waals surface area contributed by atoms with E-state index in [-0.39, 0.29) is 37.7 Å². The van der Waals surface area contributed by atoms with E-state index in [9.17, 15) is 18.4 Å². The van der Waals surface area contributed by atoms with Gasteiger partial charge in [0.05, 0.1) is 46.2 Å². The van der Waals surface area contributed by atoms with Gasteiger partial charge in [0, 0.05) is 6.42 Å². The summed E-state index contributed by atoms with van der Waals surface area (Å²) in [7, 11) is 0. The zero-order valence-corrected chi connectivity index (χ0v) is 23.2. The molecule has 1 aromatic heterocycles. The molecule has 2 heterocycles. The lowest BCUT2D eigenvalue weighted by molar-refractivity contribution is -0.152. The average Bonchev–Trinajstić information content (AvgIpc) is 3.71. The zero-order valence-electron chi connectivity index (χ0n) is 23.2. The Morgan fingerprint density at radius 2 is 1.80 bits per heavy atom. The molecule has 2 atom stereocenters. The van der Waals surface area contributed by atoms with E-state index in [4.69, 9.17) is 14.2 Å². The fourth-order valence-corrected chi connectivity index (χ4v) is 4.74. The van der Waals surface area contributed by atoms with E-state index in [0.717, 1.165) is 12.0 Å². The molecule has 1 aliphatic carbocycles. The van der Waals surface area contributed by atoms with Crippen molar-refractivity contribution >= 4 is 17.6 Å². The molecule has 0 unspecified atom stereocenters. The van der Waals surface area contributed by atoms with Crippen LogP contribution in [0.3, 0.4) is 0 Å². The number of aromatic nitrogens is 1. The lowest BCUT2D eigenvalue weighted by Crippen LogP contribution is -2.54. The number of amides is 1. The number of hydrogen-bond donors (Lipinski definition) is 1. The third-order valence-corrected chi connectivity index (χ3v) is 7.66. The molecule has 218 valence electrons. The number of halogens is 2. The zero-order chi connectivity index (χ0) is 28.5. The second kappa shape index (κ2) is 13.9. The van der Waals surface area contributed by atoms with E-state index in [2.05, 4.69) is 10.3 Å². The van der Waals surface area contributed by atoms with Crippen molar-refractivity contribution in [3.8, 4) is 5.88 Å².